The summed E-state index contributed by atoms with van der Waals surface area (Å²) >= 11 is 0.454. The van der Waals surface area contributed by atoms with Crippen LogP contribution in [-0.2, 0) is 42.1 Å². The number of ether oxygens (including phenoxy) is 1. The Morgan fingerprint density at radius 3 is 2.24 bits per heavy atom. The number of benzene rings is 1. The number of carbonyl (C=O) groups is 2. The number of carboxylic acids is 1. The minimum absolute atomic E-state index is 0.0283. The Hall–Kier alpha value is -1.35. The van der Waals surface area contributed by atoms with Gasteiger partial charge in [0, 0.05) is 5.97 Å². The van der Waals surface area contributed by atoms with Gasteiger partial charge in [-0.25, -0.2) is 0 Å². The van der Waals surface area contributed by atoms with Crippen LogP contribution in [0.5, 0.6) is 5.75 Å². The first-order chi connectivity index (χ1) is 13.2. The van der Waals surface area contributed by atoms with E-state index >= 15 is 0 Å². The van der Waals surface area contributed by atoms with Crippen molar-refractivity contribution in [3.63, 3.8) is 0 Å². The molecule has 8 heteroatoms. The van der Waals surface area contributed by atoms with Crippen molar-refractivity contribution >= 4 is 34.1 Å². The molecule has 0 aliphatic rings. The van der Waals surface area contributed by atoms with Crippen LogP contribution in [0.2, 0.25) is 18.1 Å². The number of rotatable bonds is 5. The number of hydrogen-bond donors (Lipinski definition) is 1. The van der Waals surface area contributed by atoms with Crippen LogP contribution in [-0.4, -0.2) is 38.0 Å². The van der Waals surface area contributed by atoms with Crippen molar-refractivity contribution in [2.45, 2.75) is 59.2 Å². The molecule has 1 amide bonds. The van der Waals surface area contributed by atoms with Crippen molar-refractivity contribution in [2.75, 3.05) is 13.7 Å². The monoisotopic (exact) mass is 606 g/mol. The molecular weight excluding hydrogens is 573 g/mol. The molecule has 0 unspecified atom stereocenters. The number of aliphatic carboxylic acids is 1. The summed E-state index contributed by atoms with van der Waals surface area (Å²) in [4.78, 5) is 20.1. The Morgan fingerprint density at radius 1 is 1.24 bits per heavy atom. The van der Waals surface area contributed by atoms with Crippen molar-refractivity contribution in [3.8, 4) is 5.75 Å². The molecule has 1 heterocycles. The first-order valence-electron chi connectivity index (χ1n) is 9.69. The number of nitrogens with zero attached hydrogens (tertiary/aromatic N) is 1. The van der Waals surface area contributed by atoms with Gasteiger partial charge in [-0.05, 0) is 6.92 Å². The van der Waals surface area contributed by atoms with Crippen molar-refractivity contribution < 1.29 is 45.6 Å². The van der Waals surface area contributed by atoms with Crippen molar-refractivity contribution in [1.29, 1.82) is 0 Å². The number of hydrogen-bond acceptors (Lipinski definition) is 4. The van der Waals surface area contributed by atoms with Crippen LogP contribution in [0.15, 0.2) is 18.3 Å². The van der Waals surface area contributed by atoms with E-state index in [2.05, 4.69) is 61.7 Å². The molecule has 2 aromatic rings. The fourth-order valence-corrected chi connectivity index (χ4v) is 7.64. The third kappa shape index (κ3) is 6.31. The fourth-order valence-electron chi connectivity index (χ4n) is 3.04. The zero-order valence-electron chi connectivity index (χ0n) is 18.9. The normalized spacial score (nSPS) is 11.7. The summed E-state index contributed by atoms with van der Waals surface area (Å²) in [5, 5.41) is 13.4. The number of carbonyl (C=O) groups excluding carboxylic acids is 2. The first kappa shape index (κ1) is 25.7. The van der Waals surface area contributed by atoms with Gasteiger partial charge in [-0.3, -0.25) is 0 Å². The maximum absolute atomic E-state index is 11.2. The van der Waals surface area contributed by atoms with Gasteiger partial charge in [-0.2, -0.15) is 0 Å². The molecule has 0 atom stereocenters. The van der Waals surface area contributed by atoms with Gasteiger partial charge in [-0.15, -0.1) is 0 Å². The van der Waals surface area contributed by atoms with Gasteiger partial charge in [0.25, 0.3) is 0 Å². The summed E-state index contributed by atoms with van der Waals surface area (Å²) in [6.45, 7) is 15.1. The van der Waals surface area contributed by atoms with Crippen LogP contribution in [0, 0.1) is 0 Å². The topological polar surface area (TPSA) is 83.4 Å². The van der Waals surface area contributed by atoms with Gasteiger partial charge < -0.3 is 9.90 Å². The SMILES string of the molecule is CC(=O)[O-].COc1ccc2c(c(CCNC(C)=O)cn2[Si](C)(C)C(C)(C)C)[c]1[Hg+]. The number of aromatic nitrogens is 1. The van der Waals surface area contributed by atoms with Gasteiger partial charge in [0.1, 0.15) is 0 Å². The quantitative estimate of drug-likeness (QED) is 0.530. The van der Waals surface area contributed by atoms with E-state index in [0.29, 0.717) is 32.7 Å². The zero-order valence-corrected chi connectivity index (χ0v) is 25.4. The van der Waals surface area contributed by atoms with E-state index in [1.807, 2.05) is 0 Å². The Morgan fingerprint density at radius 2 is 1.79 bits per heavy atom. The fraction of sp³-hybridized carbons (Fsp3) is 0.524. The van der Waals surface area contributed by atoms with Gasteiger partial charge in [0.05, 0.1) is 0 Å². The second-order valence-electron chi connectivity index (χ2n) is 8.70. The molecule has 0 spiro atoms. The number of methoxy groups -OCH3 is 1. The third-order valence-corrected chi connectivity index (χ3v) is 13.5. The van der Waals surface area contributed by atoms with E-state index in [4.69, 9.17) is 14.6 Å². The van der Waals surface area contributed by atoms with E-state index in [0.717, 1.165) is 19.1 Å². The van der Waals surface area contributed by atoms with E-state index in [1.165, 1.54) is 19.5 Å². The van der Waals surface area contributed by atoms with Crippen LogP contribution in [0.1, 0.15) is 40.2 Å². The summed E-state index contributed by atoms with van der Waals surface area (Å²) in [6, 6.07) is 4.33. The molecule has 156 valence electrons. The molecule has 0 aliphatic carbocycles. The van der Waals surface area contributed by atoms with E-state index in [-0.39, 0.29) is 10.9 Å². The molecule has 1 N–H and O–H groups in total. The number of amides is 1. The van der Waals surface area contributed by atoms with Crippen molar-refractivity contribution in [3.05, 3.63) is 23.9 Å². The third-order valence-electron chi connectivity index (χ3n) is 5.54. The van der Waals surface area contributed by atoms with Crippen LogP contribution >= 0.6 is 0 Å². The maximum atomic E-state index is 11.2. The first-order valence-corrected chi connectivity index (χ1v) is 15.4. The molecule has 0 radical (unpaired) electrons. The molecule has 2 rings (SSSR count). The molecule has 6 nitrogen and oxygen atoms in total. The summed E-state index contributed by atoms with van der Waals surface area (Å²) in [5.74, 6) is -0.0508. The van der Waals surface area contributed by atoms with Crippen LogP contribution in [0.25, 0.3) is 10.9 Å². The Labute approximate surface area is 191 Å². The molecule has 0 bridgehead atoms. The molecule has 0 saturated carbocycles. The average Bonchev–Trinajstić information content (AvgIpc) is 2.93. The number of carboxylic acid groups (broad SMARTS) is 1. The molecule has 0 saturated heterocycles. The molecule has 1 aromatic heterocycles. The minimum atomic E-state index is -1.73. The van der Waals surface area contributed by atoms with Crippen LogP contribution in [0.4, 0.5) is 0 Å². The number of fused-ring (bicyclic) bond motifs is 1. The van der Waals surface area contributed by atoms with Crippen LogP contribution in [0.3, 0.4) is 0 Å². The molecule has 1 aromatic carbocycles. The standard InChI is InChI=1S/C19H29N2O2Si.C2H4O2.Hg/c1-14(22)20-11-10-15-13-21(24(6,7)19(2,3)4)18-9-8-16(23-5)12-17(15)18;1-2(3)4;/h8-9,13H,10-11H2,1-7H3,(H,20,22);1H3,(H,3,4);/q;;+1/p-1. The summed E-state index contributed by atoms with van der Waals surface area (Å²) in [5.41, 5.74) is 2.66. The zero-order chi connectivity index (χ0) is 22.6. The molecule has 29 heavy (non-hydrogen) atoms. The van der Waals surface area contributed by atoms with Crippen molar-refractivity contribution in [2.24, 2.45) is 0 Å². The average molecular weight is 605 g/mol. The van der Waals surface area contributed by atoms with E-state index in [9.17, 15) is 4.79 Å². The summed E-state index contributed by atoms with van der Waals surface area (Å²) < 4.78 is 9.52. The predicted octanol–water partition coefficient (Wildman–Crippen LogP) is 2.11. The summed E-state index contributed by atoms with van der Waals surface area (Å²) in [6.07, 6.45) is 3.20. The van der Waals surface area contributed by atoms with Crippen molar-refractivity contribution in [1.82, 2.24) is 9.55 Å². The molecule has 0 aliphatic heterocycles. The Balaban J connectivity index is 0.000000960. The second-order valence-corrected chi connectivity index (χ2v) is 16.5. The van der Waals surface area contributed by atoms with E-state index in [1.54, 1.807) is 14.0 Å². The van der Waals surface area contributed by atoms with Crippen LogP contribution < -0.4 is 18.2 Å². The molecular formula is C21H32HgN2O4Si. The second kappa shape index (κ2) is 10.1. The number of nitrogens with one attached hydrogen (secondary N) is 1. The summed E-state index contributed by atoms with van der Waals surface area (Å²) in [7, 11) is 0.0233. The van der Waals surface area contributed by atoms with Gasteiger partial charge in [-0.1, -0.05) is 0 Å². The molecule has 0 fully saturated rings. The van der Waals surface area contributed by atoms with E-state index < -0.39 is 14.2 Å². The van der Waals surface area contributed by atoms with Gasteiger partial charge in [0.2, 0.25) is 0 Å². The van der Waals surface area contributed by atoms with Gasteiger partial charge in [0.15, 0.2) is 0 Å². The predicted molar refractivity (Wildman–Crippen MR) is 114 cm³/mol. The van der Waals surface area contributed by atoms with Gasteiger partial charge >= 0.3 is 169 Å². The Bertz CT molecular complexity index is 881. The Kier molecular flexibility index (Phi) is 8.95.